The summed E-state index contributed by atoms with van der Waals surface area (Å²) in [5, 5.41) is 13.9. The number of carbonyl (C=O) groups excluding carboxylic acids is 1. The van der Waals surface area contributed by atoms with Gasteiger partial charge in [0.2, 0.25) is 0 Å². The van der Waals surface area contributed by atoms with Crippen molar-refractivity contribution < 1.29 is 32.5 Å². The highest BCUT2D eigenvalue weighted by molar-refractivity contribution is 5.94. The van der Waals surface area contributed by atoms with E-state index in [9.17, 15) is 23.1 Å². The first-order valence-electron chi connectivity index (χ1n) is 9.72. The summed E-state index contributed by atoms with van der Waals surface area (Å²) in [4.78, 5) is 11.6. The third kappa shape index (κ3) is 3.11. The molecule has 0 aliphatic carbocycles. The van der Waals surface area contributed by atoms with Crippen LogP contribution in [0, 0.1) is 0 Å². The van der Waals surface area contributed by atoms with Crippen LogP contribution in [0.2, 0.25) is 0 Å². The molecule has 5 nitrogen and oxygen atoms in total. The van der Waals surface area contributed by atoms with E-state index in [1.54, 1.807) is 12.1 Å². The number of carbonyl (C=O) groups is 1. The number of rotatable bonds is 1. The van der Waals surface area contributed by atoms with Crippen molar-refractivity contribution >= 4 is 11.5 Å². The first-order valence-corrected chi connectivity index (χ1v) is 9.72. The Bertz CT molecular complexity index is 1060. The van der Waals surface area contributed by atoms with Gasteiger partial charge in [-0.25, -0.2) is 4.79 Å². The van der Waals surface area contributed by atoms with Crippen LogP contribution in [-0.4, -0.2) is 29.3 Å². The smallest absolute Gasteiger partial charge is 0.491 e. The van der Waals surface area contributed by atoms with E-state index in [2.05, 4.69) is 5.32 Å². The highest BCUT2D eigenvalue weighted by Crippen LogP contribution is 2.54. The van der Waals surface area contributed by atoms with Gasteiger partial charge in [-0.15, -0.1) is 0 Å². The van der Waals surface area contributed by atoms with Crippen LogP contribution in [0.5, 0.6) is 23.0 Å². The number of halogens is 3. The summed E-state index contributed by atoms with van der Waals surface area (Å²) < 4.78 is 49.2. The summed E-state index contributed by atoms with van der Waals surface area (Å²) in [6.45, 7) is 0. The molecule has 5 rings (SSSR count). The van der Waals surface area contributed by atoms with Gasteiger partial charge < -0.3 is 19.9 Å². The fraction of sp³-hybridized carbons (Fsp3) is 0.318. The van der Waals surface area contributed by atoms with Gasteiger partial charge >= 0.3 is 12.1 Å². The molecule has 0 amide bonds. The summed E-state index contributed by atoms with van der Waals surface area (Å²) in [5.41, 5.74) is 2.61. The molecule has 2 N–H and O–H groups in total. The molecule has 30 heavy (non-hydrogen) atoms. The number of alkyl halides is 3. The monoisotopic (exact) mass is 417 g/mol. The highest BCUT2D eigenvalue weighted by Gasteiger charge is 2.43. The SMILES string of the molecule is O=C(Oc1ccc(O)c2c1C(=C1CC3CCC(C1)N3)c1ccccc1O2)C(F)(F)F. The second-order valence-corrected chi connectivity index (χ2v) is 7.80. The largest absolute Gasteiger partial charge is 0.504 e. The molecule has 2 atom stereocenters. The Kier molecular flexibility index (Phi) is 4.28. The molecule has 3 heterocycles. The van der Waals surface area contributed by atoms with Crippen molar-refractivity contribution in [2.45, 2.75) is 43.9 Å². The van der Waals surface area contributed by atoms with Gasteiger partial charge in [0, 0.05) is 17.6 Å². The number of hydrogen-bond donors (Lipinski definition) is 2. The molecule has 3 aliphatic heterocycles. The van der Waals surface area contributed by atoms with Crippen molar-refractivity contribution in [3.05, 3.63) is 53.1 Å². The molecule has 0 aromatic heterocycles. The van der Waals surface area contributed by atoms with E-state index < -0.39 is 12.1 Å². The third-order valence-corrected chi connectivity index (χ3v) is 5.83. The van der Waals surface area contributed by atoms with Crippen molar-refractivity contribution in [2.75, 3.05) is 0 Å². The minimum absolute atomic E-state index is 0.00504. The van der Waals surface area contributed by atoms with Gasteiger partial charge in [-0.2, -0.15) is 13.2 Å². The molecule has 156 valence electrons. The van der Waals surface area contributed by atoms with Gasteiger partial charge in [0.15, 0.2) is 11.5 Å². The number of ether oxygens (including phenoxy) is 2. The number of esters is 1. The summed E-state index contributed by atoms with van der Waals surface area (Å²) in [5.74, 6) is -2.35. The minimum atomic E-state index is -5.14. The number of hydrogen-bond acceptors (Lipinski definition) is 5. The van der Waals surface area contributed by atoms with E-state index in [1.165, 1.54) is 12.1 Å². The third-order valence-electron chi connectivity index (χ3n) is 5.83. The van der Waals surface area contributed by atoms with E-state index >= 15 is 0 Å². The molecule has 0 spiro atoms. The Labute approximate surface area is 170 Å². The normalized spacial score (nSPS) is 22.2. The maximum atomic E-state index is 12.9. The number of nitrogens with one attached hydrogen (secondary N) is 1. The fourth-order valence-electron chi connectivity index (χ4n) is 4.62. The quantitative estimate of drug-likeness (QED) is 0.445. The molecule has 2 saturated heterocycles. The number of phenols is 1. The van der Waals surface area contributed by atoms with E-state index in [-0.39, 0.29) is 22.8 Å². The van der Waals surface area contributed by atoms with Gasteiger partial charge in [0.25, 0.3) is 0 Å². The number of aromatic hydroxyl groups is 1. The number of para-hydroxylation sites is 1. The van der Waals surface area contributed by atoms with Crippen LogP contribution in [0.25, 0.3) is 5.57 Å². The summed E-state index contributed by atoms with van der Waals surface area (Å²) in [6.07, 6.45) is -1.63. The van der Waals surface area contributed by atoms with Gasteiger partial charge in [-0.3, -0.25) is 0 Å². The van der Waals surface area contributed by atoms with E-state index in [4.69, 9.17) is 9.47 Å². The topological polar surface area (TPSA) is 67.8 Å². The van der Waals surface area contributed by atoms with Gasteiger partial charge in [0.05, 0.1) is 5.56 Å². The lowest BCUT2D eigenvalue weighted by Gasteiger charge is -2.31. The highest BCUT2D eigenvalue weighted by atomic mass is 19.4. The van der Waals surface area contributed by atoms with Crippen LogP contribution >= 0.6 is 0 Å². The molecule has 2 aromatic rings. The molecule has 0 saturated carbocycles. The van der Waals surface area contributed by atoms with E-state index in [1.807, 2.05) is 12.1 Å². The van der Waals surface area contributed by atoms with Crippen molar-refractivity contribution in [2.24, 2.45) is 0 Å². The Morgan fingerprint density at radius 3 is 2.50 bits per heavy atom. The first kappa shape index (κ1) is 19.0. The predicted octanol–water partition coefficient (Wildman–Crippen LogP) is 4.68. The van der Waals surface area contributed by atoms with Crippen LogP contribution in [0.15, 0.2) is 42.0 Å². The molecule has 0 radical (unpaired) electrons. The van der Waals surface area contributed by atoms with Crippen molar-refractivity contribution in [3.63, 3.8) is 0 Å². The zero-order chi connectivity index (χ0) is 21.0. The molecule has 2 fully saturated rings. The molecular formula is C22H18F3NO4. The second kappa shape index (κ2) is 6.77. The molecule has 8 heteroatoms. The molecular weight excluding hydrogens is 399 g/mol. The van der Waals surface area contributed by atoms with Crippen LogP contribution in [0.1, 0.15) is 36.8 Å². The maximum Gasteiger partial charge on any atom is 0.491 e. The number of benzene rings is 2. The molecule has 2 bridgehead atoms. The zero-order valence-corrected chi connectivity index (χ0v) is 15.8. The molecule has 2 unspecified atom stereocenters. The number of phenolic OH excluding ortho intramolecular Hbond substituents is 1. The van der Waals surface area contributed by atoms with E-state index in [0.717, 1.165) is 31.3 Å². The van der Waals surface area contributed by atoms with Crippen LogP contribution in [0.4, 0.5) is 13.2 Å². The fourth-order valence-corrected chi connectivity index (χ4v) is 4.62. The molecule has 3 aliphatic rings. The second-order valence-electron chi connectivity index (χ2n) is 7.80. The summed E-state index contributed by atoms with van der Waals surface area (Å²) in [7, 11) is 0. The lowest BCUT2D eigenvalue weighted by molar-refractivity contribution is -0.189. The van der Waals surface area contributed by atoms with Crippen LogP contribution in [-0.2, 0) is 4.79 Å². The average Bonchev–Trinajstić information content (AvgIpc) is 3.05. The number of piperidine rings is 1. The van der Waals surface area contributed by atoms with Crippen molar-refractivity contribution in [1.82, 2.24) is 5.32 Å². The average molecular weight is 417 g/mol. The van der Waals surface area contributed by atoms with Crippen molar-refractivity contribution in [3.8, 4) is 23.0 Å². The number of fused-ring (bicyclic) bond motifs is 4. The van der Waals surface area contributed by atoms with Crippen molar-refractivity contribution in [1.29, 1.82) is 0 Å². The Hall–Kier alpha value is -3.00. The van der Waals surface area contributed by atoms with Crippen LogP contribution in [0.3, 0.4) is 0 Å². The standard InChI is InChI=1S/C22H18F3NO4/c23-22(24,25)21(28)30-17-8-7-15(27)20-19(17)18(14-3-1-2-4-16(14)29-20)11-9-12-5-6-13(10-11)26-12/h1-4,7-8,12-13,26-27H,5-6,9-10H2. The van der Waals surface area contributed by atoms with Crippen LogP contribution < -0.4 is 14.8 Å². The van der Waals surface area contributed by atoms with Gasteiger partial charge in [-0.1, -0.05) is 23.8 Å². The lowest BCUT2D eigenvalue weighted by atomic mass is 9.84. The van der Waals surface area contributed by atoms with Gasteiger partial charge in [0.1, 0.15) is 11.5 Å². The van der Waals surface area contributed by atoms with E-state index in [0.29, 0.717) is 29.0 Å². The minimum Gasteiger partial charge on any atom is -0.504 e. The Balaban J connectivity index is 1.72. The Morgan fingerprint density at radius 1 is 1.10 bits per heavy atom. The lowest BCUT2D eigenvalue weighted by Crippen LogP contribution is -2.35. The van der Waals surface area contributed by atoms with Gasteiger partial charge in [-0.05, 0) is 49.5 Å². The Morgan fingerprint density at radius 2 is 1.80 bits per heavy atom. The zero-order valence-electron chi connectivity index (χ0n) is 15.8. The predicted molar refractivity (Wildman–Crippen MR) is 102 cm³/mol. The summed E-state index contributed by atoms with van der Waals surface area (Å²) >= 11 is 0. The summed E-state index contributed by atoms with van der Waals surface area (Å²) in [6, 6.07) is 10.1. The first-order chi connectivity index (χ1) is 14.3. The molecule has 2 aromatic carbocycles. The maximum absolute atomic E-state index is 12.9.